The van der Waals surface area contributed by atoms with Crippen LogP contribution in [0.15, 0.2) is 42.5 Å². The number of rotatable bonds is 7. The van der Waals surface area contributed by atoms with Gasteiger partial charge >= 0.3 is 0 Å². The lowest BCUT2D eigenvalue weighted by Gasteiger charge is -2.19. The number of aromatic hydroxyl groups is 1. The molecule has 0 spiro atoms. The van der Waals surface area contributed by atoms with Crippen molar-refractivity contribution in [2.24, 2.45) is 0 Å². The van der Waals surface area contributed by atoms with Crippen LogP contribution in [-0.4, -0.2) is 5.11 Å². The summed E-state index contributed by atoms with van der Waals surface area (Å²) in [5, 5.41) is 10.5. The number of aryl methyl sites for hydroxylation is 1. The molecule has 0 aromatic heterocycles. The van der Waals surface area contributed by atoms with Crippen molar-refractivity contribution in [3.8, 4) is 16.9 Å². The highest BCUT2D eigenvalue weighted by atomic mass is 16.3. The van der Waals surface area contributed by atoms with Gasteiger partial charge in [-0.1, -0.05) is 70.0 Å². The molecule has 0 saturated heterocycles. The van der Waals surface area contributed by atoms with E-state index in [0.717, 1.165) is 18.4 Å². The Labute approximate surface area is 135 Å². The molecule has 0 heterocycles. The highest BCUT2D eigenvalue weighted by molar-refractivity contribution is 5.77. The van der Waals surface area contributed by atoms with Crippen LogP contribution in [-0.2, 0) is 6.42 Å². The molecule has 1 N–H and O–H groups in total. The second kappa shape index (κ2) is 8.03. The molecule has 2 rings (SSSR count). The summed E-state index contributed by atoms with van der Waals surface area (Å²) in [4.78, 5) is 0. The lowest BCUT2D eigenvalue weighted by molar-refractivity contribution is 0.476. The number of unbranched alkanes of at least 4 members (excludes halogenated alkanes) is 2. The Morgan fingerprint density at radius 1 is 0.955 bits per heavy atom. The summed E-state index contributed by atoms with van der Waals surface area (Å²) in [5.74, 6) is 0.853. The zero-order valence-electron chi connectivity index (χ0n) is 14.1. The minimum atomic E-state index is 0.403. The molecule has 0 bridgehead atoms. The van der Waals surface area contributed by atoms with Crippen molar-refractivity contribution < 1.29 is 5.11 Å². The molecule has 1 heteroatoms. The summed E-state index contributed by atoms with van der Waals surface area (Å²) in [7, 11) is 0. The summed E-state index contributed by atoms with van der Waals surface area (Å²) >= 11 is 0. The minimum absolute atomic E-state index is 0.403. The van der Waals surface area contributed by atoms with Gasteiger partial charge in [0.1, 0.15) is 5.75 Å². The van der Waals surface area contributed by atoms with E-state index in [4.69, 9.17) is 0 Å². The molecule has 0 fully saturated rings. The molecule has 0 amide bonds. The van der Waals surface area contributed by atoms with Gasteiger partial charge in [-0.3, -0.25) is 0 Å². The maximum atomic E-state index is 10.5. The van der Waals surface area contributed by atoms with Crippen LogP contribution in [0.2, 0.25) is 0 Å². The highest BCUT2D eigenvalue weighted by Crippen LogP contribution is 2.39. The first kappa shape index (κ1) is 16.6. The van der Waals surface area contributed by atoms with Crippen LogP contribution in [0.4, 0.5) is 0 Å². The molecular weight excluding hydrogens is 268 g/mol. The number of phenols is 1. The number of hydrogen-bond acceptors (Lipinski definition) is 1. The maximum absolute atomic E-state index is 10.5. The molecule has 0 radical (unpaired) electrons. The smallest absolute Gasteiger partial charge is 0.123 e. The third-order valence-electron chi connectivity index (χ3n) is 4.55. The van der Waals surface area contributed by atoms with Gasteiger partial charge in [-0.2, -0.15) is 0 Å². The van der Waals surface area contributed by atoms with E-state index in [9.17, 15) is 5.11 Å². The van der Waals surface area contributed by atoms with Gasteiger partial charge in [-0.05, 0) is 47.9 Å². The topological polar surface area (TPSA) is 20.2 Å². The molecule has 118 valence electrons. The first-order chi connectivity index (χ1) is 10.7. The molecule has 1 nitrogen and oxygen atoms in total. The van der Waals surface area contributed by atoms with E-state index >= 15 is 0 Å². The molecule has 2 aromatic carbocycles. The summed E-state index contributed by atoms with van der Waals surface area (Å²) in [6.07, 6.45) is 5.86. The lowest BCUT2D eigenvalue weighted by Crippen LogP contribution is -1.98. The van der Waals surface area contributed by atoms with Crippen LogP contribution >= 0.6 is 0 Å². The Bertz CT molecular complexity index is 601. The highest BCUT2D eigenvalue weighted by Gasteiger charge is 2.16. The number of phenolic OH excluding ortho intramolecular Hbond substituents is 1. The third kappa shape index (κ3) is 3.71. The Morgan fingerprint density at radius 3 is 2.45 bits per heavy atom. The predicted molar refractivity (Wildman–Crippen MR) is 95.5 cm³/mol. The predicted octanol–water partition coefficient (Wildman–Crippen LogP) is 6.31. The summed E-state index contributed by atoms with van der Waals surface area (Å²) in [6, 6.07) is 14.5. The van der Waals surface area contributed by atoms with Crippen LogP contribution in [0, 0.1) is 0 Å². The zero-order chi connectivity index (χ0) is 15.9. The Morgan fingerprint density at radius 2 is 1.73 bits per heavy atom. The summed E-state index contributed by atoms with van der Waals surface area (Å²) in [5.41, 5.74) is 4.84. The zero-order valence-corrected chi connectivity index (χ0v) is 14.1. The van der Waals surface area contributed by atoms with Gasteiger partial charge in [-0.25, -0.2) is 0 Å². The van der Waals surface area contributed by atoms with E-state index in [1.165, 1.54) is 36.0 Å². The van der Waals surface area contributed by atoms with E-state index in [-0.39, 0.29) is 0 Å². The van der Waals surface area contributed by atoms with Crippen molar-refractivity contribution >= 4 is 0 Å². The van der Waals surface area contributed by atoms with Crippen LogP contribution in [0.25, 0.3) is 11.1 Å². The largest absolute Gasteiger partial charge is 0.507 e. The second-order valence-electron chi connectivity index (χ2n) is 6.16. The molecule has 2 aromatic rings. The van der Waals surface area contributed by atoms with Crippen molar-refractivity contribution in [3.05, 3.63) is 53.6 Å². The van der Waals surface area contributed by atoms with E-state index in [1.807, 2.05) is 12.1 Å². The fourth-order valence-corrected chi connectivity index (χ4v) is 3.03. The first-order valence-electron chi connectivity index (χ1n) is 8.59. The Balaban J connectivity index is 2.47. The second-order valence-corrected chi connectivity index (χ2v) is 6.16. The SMILES string of the molecule is CCCCCc1ccccc1-c1c(O)cccc1C(C)CC. The number of benzene rings is 2. The lowest BCUT2D eigenvalue weighted by atomic mass is 9.86. The first-order valence-corrected chi connectivity index (χ1v) is 8.59. The van der Waals surface area contributed by atoms with E-state index in [1.54, 1.807) is 0 Å². The standard InChI is InChI=1S/C21H28O/c1-4-6-7-11-17-12-8-9-13-19(17)21-18(16(3)5-2)14-10-15-20(21)22/h8-10,12-16,22H,4-7,11H2,1-3H3. The molecule has 22 heavy (non-hydrogen) atoms. The average molecular weight is 296 g/mol. The molecular formula is C21H28O. The van der Waals surface area contributed by atoms with Gasteiger partial charge in [0.05, 0.1) is 0 Å². The Hall–Kier alpha value is -1.76. The van der Waals surface area contributed by atoms with E-state index < -0.39 is 0 Å². The normalized spacial score (nSPS) is 12.3. The van der Waals surface area contributed by atoms with Gasteiger partial charge in [0.15, 0.2) is 0 Å². The van der Waals surface area contributed by atoms with Crippen LogP contribution in [0.3, 0.4) is 0 Å². The van der Waals surface area contributed by atoms with Crippen molar-refractivity contribution in [2.45, 2.75) is 58.8 Å². The molecule has 1 unspecified atom stereocenters. The molecule has 0 aliphatic rings. The van der Waals surface area contributed by atoms with Crippen LogP contribution in [0.5, 0.6) is 5.75 Å². The van der Waals surface area contributed by atoms with Crippen molar-refractivity contribution in [1.29, 1.82) is 0 Å². The monoisotopic (exact) mass is 296 g/mol. The fraction of sp³-hybridized carbons (Fsp3) is 0.429. The van der Waals surface area contributed by atoms with Crippen LogP contribution < -0.4 is 0 Å². The third-order valence-corrected chi connectivity index (χ3v) is 4.55. The summed E-state index contributed by atoms with van der Waals surface area (Å²) in [6.45, 7) is 6.67. The van der Waals surface area contributed by atoms with Gasteiger partial charge < -0.3 is 5.11 Å². The van der Waals surface area contributed by atoms with Crippen molar-refractivity contribution in [1.82, 2.24) is 0 Å². The van der Waals surface area contributed by atoms with Gasteiger partial charge in [0.2, 0.25) is 0 Å². The average Bonchev–Trinajstić information content (AvgIpc) is 2.55. The van der Waals surface area contributed by atoms with Crippen molar-refractivity contribution in [2.75, 3.05) is 0 Å². The molecule has 0 aliphatic heterocycles. The number of hydrogen-bond donors (Lipinski definition) is 1. The van der Waals surface area contributed by atoms with E-state index in [2.05, 4.69) is 51.1 Å². The summed E-state index contributed by atoms with van der Waals surface area (Å²) < 4.78 is 0. The van der Waals surface area contributed by atoms with E-state index in [0.29, 0.717) is 11.7 Å². The quantitative estimate of drug-likeness (QED) is 0.594. The minimum Gasteiger partial charge on any atom is -0.507 e. The van der Waals surface area contributed by atoms with Gasteiger partial charge in [0.25, 0.3) is 0 Å². The Kier molecular flexibility index (Phi) is 6.06. The van der Waals surface area contributed by atoms with Crippen LogP contribution in [0.1, 0.15) is 63.5 Å². The maximum Gasteiger partial charge on any atom is 0.123 e. The fourth-order valence-electron chi connectivity index (χ4n) is 3.03. The van der Waals surface area contributed by atoms with Gasteiger partial charge in [0, 0.05) is 5.56 Å². The molecule has 0 aliphatic carbocycles. The molecule has 0 saturated carbocycles. The van der Waals surface area contributed by atoms with Crippen molar-refractivity contribution in [3.63, 3.8) is 0 Å². The molecule has 1 atom stereocenters. The van der Waals surface area contributed by atoms with Gasteiger partial charge in [-0.15, -0.1) is 0 Å².